The fourth-order valence-corrected chi connectivity index (χ4v) is 2.57. The molecule has 0 spiro atoms. The number of nitroso groups, excluding NO2 is 1. The van der Waals surface area contributed by atoms with E-state index in [9.17, 15) is 9.70 Å². The second-order valence-corrected chi connectivity index (χ2v) is 6.57. The van der Waals surface area contributed by atoms with E-state index in [1.807, 2.05) is 18.2 Å². The van der Waals surface area contributed by atoms with E-state index in [0.717, 1.165) is 5.56 Å². The first-order valence-electron chi connectivity index (χ1n) is 8.52. The molecule has 2 aromatic rings. The van der Waals surface area contributed by atoms with Crippen molar-refractivity contribution in [2.24, 2.45) is 5.18 Å². The SMILES string of the molecule is COC(=O)C(N=O)c1c(Oc2cccc(C(C)C)c2)nc(C)nc1N(C)C. The number of nitrogens with zero attached hydrogens (tertiary/aromatic N) is 4. The first kappa shape index (κ1) is 20.3. The number of benzene rings is 1. The number of rotatable bonds is 7. The monoisotopic (exact) mass is 372 g/mol. The number of aromatic nitrogens is 2. The molecule has 0 saturated carbocycles. The van der Waals surface area contributed by atoms with Crippen molar-refractivity contribution >= 4 is 11.8 Å². The number of aryl methyl sites for hydroxylation is 1. The third-order valence-corrected chi connectivity index (χ3v) is 3.97. The zero-order chi connectivity index (χ0) is 20.1. The Kier molecular flexibility index (Phi) is 6.44. The molecule has 1 atom stereocenters. The van der Waals surface area contributed by atoms with Crippen LogP contribution in [0.1, 0.15) is 42.8 Å². The third-order valence-electron chi connectivity index (χ3n) is 3.97. The van der Waals surface area contributed by atoms with Crippen molar-refractivity contribution in [3.05, 3.63) is 46.1 Å². The van der Waals surface area contributed by atoms with Gasteiger partial charge in [-0.25, -0.2) is 9.78 Å². The molecule has 0 aliphatic carbocycles. The molecule has 0 aliphatic rings. The highest BCUT2D eigenvalue weighted by Gasteiger charge is 2.32. The van der Waals surface area contributed by atoms with Gasteiger partial charge in [-0.05, 0) is 35.7 Å². The van der Waals surface area contributed by atoms with Gasteiger partial charge in [0.2, 0.25) is 11.9 Å². The maximum atomic E-state index is 12.1. The molecule has 8 nitrogen and oxygen atoms in total. The van der Waals surface area contributed by atoms with Crippen molar-refractivity contribution in [2.45, 2.75) is 32.7 Å². The zero-order valence-electron chi connectivity index (χ0n) is 16.4. The van der Waals surface area contributed by atoms with E-state index in [4.69, 9.17) is 9.47 Å². The molecule has 0 aliphatic heterocycles. The summed E-state index contributed by atoms with van der Waals surface area (Å²) in [4.78, 5) is 33.8. The highest BCUT2D eigenvalue weighted by Crippen LogP contribution is 2.37. The van der Waals surface area contributed by atoms with E-state index in [0.29, 0.717) is 23.3 Å². The normalized spacial score (nSPS) is 11.8. The predicted molar refractivity (Wildman–Crippen MR) is 102 cm³/mol. The van der Waals surface area contributed by atoms with Crippen LogP contribution in [0.3, 0.4) is 0 Å². The maximum Gasteiger partial charge on any atom is 0.339 e. The Bertz CT molecular complexity index is 836. The van der Waals surface area contributed by atoms with Gasteiger partial charge in [0.05, 0.1) is 12.7 Å². The summed E-state index contributed by atoms with van der Waals surface area (Å²) in [6.07, 6.45) is 0. The molecular formula is C19H24N4O4. The van der Waals surface area contributed by atoms with Gasteiger partial charge >= 0.3 is 5.97 Å². The van der Waals surface area contributed by atoms with Crippen LogP contribution >= 0.6 is 0 Å². The minimum atomic E-state index is -1.43. The van der Waals surface area contributed by atoms with Crippen LogP contribution in [-0.4, -0.2) is 37.1 Å². The lowest BCUT2D eigenvalue weighted by atomic mass is 10.0. The summed E-state index contributed by atoms with van der Waals surface area (Å²) in [5.41, 5.74) is 1.26. The Morgan fingerprint density at radius 2 is 1.93 bits per heavy atom. The molecule has 1 aromatic heterocycles. The number of carbonyl (C=O) groups excluding carboxylic acids is 1. The highest BCUT2D eigenvalue weighted by molar-refractivity contribution is 5.81. The number of anilines is 1. The van der Waals surface area contributed by atoms with Crippen LogP contribution in [0.5, 0.6) is 11.6 Å². The lowest BCUT2D eigenvalue weighted by Gasteiger charge is -2.21. The van der Waals surface area contributed by atoms with Crippen LogP contribution in [0.4, 0.5) is 5.82 Å². The Balaban J connectivity index is 2.62. The largest absolute Gasteiger partial charge is 0.467 e. The standard InChI is InChI=1S/C19H24N4O4/c1-11(2)13-8-7-9-14(10-13)27-18-15(16(22-25)19(24)26-6)17(23(4)5)20-12(3)21-18/h7-11,16H,1-6H3. The quantitative estimate of drug-likeness (QED) is 0.539. The van der Waals surface area contributed by atoms with Crippen LogP contribution in [0.15, 0.2) is 29.4 Å². The number of hydrogen-bond donors (Lipinski definition) is 0. The van der Waals surface area contributed by atoms with Crippen LogP contribution in [0.2, 0.25) is 0 Å². The van der Waals surface area contributed by atoms with Gasteiger partial charge in [0.1, 0.15) is 17.4 Å². The fourth-order valence-electron chi connectivity index (χ4n) is 2.57. The van der Waals surface area contributed by atoms with Crippen LogP contribution < -0.4 is 9.64 Å². The Morgan fingerprint density at radius 3 is 2.48 bits per heavy atom. The first-order valence-corrected chi connectivity index (χ1v) is 8.52. The minimum Gasteiger partial charge on any atom is -0.467 e. The number of hydrogen-bond acceptors (Lipinski definition) is 8. The summed E-state index contributed by atoms with van der Waals surface area (Å²) in [5.74, 6) is 0.958. The molecule has 0 bridgehead atoms. The van der Waals surface area contributed by atoms with E-state index in [2.05, 4.69) is 29.0 Å². The maximum absolute atomic E-state index is 12.1. The van der Waals surface area contributed by atoms with Gasteiger partial charge in [0, 0.05) is 14.1 Å². The second kappa shape index (κ2) is 8.57. The van der Waals surface area contributed by atoms with Gasteiger partial charge in [-0.1, -0.05) is 26.0 Å². The average Bonchev–Trinajstić information content (AvgIpc) is 2.63. The van der Waals surface area contributed by atoms with Crippen LogP contribution in [0, 0.1) is 11.8 Å². The predicted octanol–water partition coefficient (Wildman–Crippen LogP) is 3.75. The molecule has 0 saturated heterocycles. The molecule has 27 heavy (non-hydrogen) atoms. The molecular weight excluding hydrogens is 348 g/mol. The van der Waals surface area contributed by atoms with Crippen molar-refractivity contribution in [3.63, 3.8) is 0 Å². The van der Waals surface area contributed by atoms with Gasteiger partial charge < -0.3 is 14.4 Å². The Labute approximate surface area is 158 Å². The first-order chi connectivity index (χ1) is 12.8. The van der Waals surface area contributed by atoms with Crippen molar-refractivity contribution < 1.29 is 14.3 Å². The van der Waals surface area contributed by atoms with Crippen molar-refractivity contribution in [3.8, 4) is 11.6 Å². The van der Waals surface area contributed by atoms with Gasteiger partial charge in [-0.15, -0.1) is 4.91 Å². The summed E-state index contributed by atoms with van der Waals surface area (Å²) < 4.78 is 10.7. The van der Waals surface area contributed by atoms with E-state index in [1.165, 1.54) is 7.11 Å². The fraction of sp³-hybridized carbons (Fsp3) is 0.421. The molecule has 1 unspecified atom stereocenters. The summed E-state index contributed by atoms with van der Waals surface area (Å²) in [6, 6.07) is 6.11. The van der Waals surface area contributed by atoms with Crippen LogP contribution in [-0.2, 0) is 9.53 Å². The van der Waals surface area contributed by atoms with Gasteiger partial charge in [-0.3, -0.25) is 0 Å². The van der Waals surface area contributed by atoms with Crippen LogP contribution in [0.25, 0.3) is 0 Å². The zero-order valence-corrected chi connectivity index (χ0v) is 16.4. The van der Waals surface area contributed by atoms with Gasteiger partial charge in [0.15, 0.2) is 0 Å². The minimum absolute atomic E-state index is 0.0992. The Hall–Kier alpha value is -3.03. The number of ether oxygens (including phenoxy) is 2. The topological polar surface area (TPSA) is 94.0 Å². The van der Waals surface area contributed by atoms with Crippen molar-refractivity contribution in [1.29, 1.82) is 0 Å². The molecule has 1 aromatic carbocycles. The molecule has 144 valence electrons. The molecule has 2 rings (SSSR count). The Morgan fingerprint density at radius 1 is 1.22 bits per heavy atom. The molecule has 1 heterocycles. The number of carbonyl (C=O) groups is 1. The number of esters is 1. The van der Waals surface area contributed by atoms with E-state index < -0.39 is 12.0 Å². The highest BCUT2D eigenvalue weighted by atomic mass is 16.5. The van der Waals surface area contributed by atoms with Crippen molar-refractivity contribution in [2.75, 3.05) is 26.1 Å². The van der Waals surface area contributed by atoms with Gasteiger partial charge in [-0.2, -0.15) is 4.98 Å². The lowest BCUT2D eigenvalue weighted by Crippen LogP contribution is -2.21. The molecule has 0 radical (unpaired) electrons. The van der Waals surface area contributed by atoms with E-state index in [1.54, 1.807) is 32.0 Å². The lowest BCUT2D eigenvalue weighted by molar-refractivity contribution is -0.142. The summed E-state index contributed by atoms with van der Waals surface area (Å²) >= 11 is 0. The molecule has 8 heteroatoms. The van der Waals surface area contributed by atoms with E-state index in [-0.39, 0.29) is 11.4 Å². The van der Waals surface area contributed by atoms with Gasteiger partial charge in [0.25, 0.3) is 0 Å². The second-order valence-electron chi connectivity index (χ2n) is 6.57. The van der Waals surface area contributed by atoms with Crippen molar-refractivity contribution in [1.82, 2.24) is 9.97 Å². The number of methoxy groups -OCH3 is 1. The molecule has 0 amide bonds. The third kappa shape index (κ3) is 4.58. The van der Waals surface area contributed by atoms with E-state index >= 15 is 0 Å². The average molecular weight is 372 g/mol. The molecule has 0 fully saturated rings. The smallest absolute Gasteiger partial charge is 0.339 e. The summed E-state index contributed by atoms with van der Waals surface area (Å²) in [6.45, 7) is 5.86. The molecule has 0 N–H and O–H groups in total. The summed E-state index contributed by atoms with van der Waals surface area (Å²) in [7, 11) is 4.68. The summed E-state index contributed by atoms with van der Waals surface area (Å²) in [5, 5.41) is 2.94.